The van der Waals surface area contributed by atoms with Gasteiger partial charge in [-0.25, -0.2) is 9.37 Å². The zero-order valence-electron chi connectivity index (χ0n) is 11.8. The van der Waals surface area contributed by atoms with Gasteiger partial charge in [-0.15, -0.1) is 11.3 Å². The SMILES string of the molecule is C/C=C/C=C/C(=O)Nc1nc(-c2ccc(F)cc2)c(C)s1. The standard InChI is InChI=1S/C16H15FN2OS/c1-3-4-5-6-14(20)18-16-19-15(11(2)21-16)12-7-9-13(17)10-8-12/h3-10H,1-2H3,(H,18,19,20)/b4-3+,6-5+. The minimum Gasteiger partial charge on any atom is -0.298 e. The summed E-state index contributed by atoms with van der Waals surface area (Å²) in [5.74, 6) is -0.512. The summed E-state index contributed by atoms with van der Waals surface area (Å²) in [5.41, 5.74) is 1.59. The molecule has 1 N–H and O–H groups in total. The Morgan fingerprint density at radius 1 is 1.29 bits per heavy atom. The van der Waals surface area contributed by atoms with E-state index in [-0.39, 0.29) is 11.7 Å². The number of carbonyl (C=O) groups excluding carboxylic acids is 1. The zero-order valence-corrected chi connectivity index (χ0v) is 12.6. The van der Waals surface area contributed by atoms with E-state index in [2.05, 4.69) is 10.3 Å². The van der Waals surface area contributed by atoms with E-state index >= 15 is 0 Å². The van der Waals surface area contributed by atoms with Gasteiger partial charge in [0.2, 0.25) is 5.91 Å². The number of nitrogens with zero attached hydrogens (tertiary/aromatic N) is 1. The van der Waals surface area contributed by atoms with E-state index in [4.69, 9.17) is 0 Å². The van der Waals surface area contributed by atoms with E-state index in [1.165, 1.54) is 29.5 Å². The fourth-order valence-corrected chi connectivity index (χ4v) is 2.57. The van der Waals surface area contributed by atoms with E-state index in [0.717, 1.165) is 16.1 Å². The number of halogens is 1. The molecular weight excluding hydrogens is 287 g/mol. The summed E-state index contributed by atoms with van der Waals surface area (Å²) in [4.78, 5) is 17.0. The van der Waals surface area contributed by atoms with Crippen molar-refractivity contribution in [2.24, 2.45) is 0 Å². The number of thiazole rings is 1. The number of benzene rings is 1. The smallest absolute Gasteiger partial charge is 0.250 e. The highest BCUT2D eigenvalue weighted by Crippen LogP contribution is 2.30. The molecule has 0 fully saturated rings. The molecule has 0 bridgehead atoms. The summed E-state index contributed by atoms with van der Waals surface area (Å²) in [5, 5.41) is 3.25. The van der Waals surface area contributed by atoms with Gasteiger partial charge >= 0.3 is 0 Å². The molecule has 1 heterocycles. The van der Waals surface area contributed by atoms with E-state index in [9.17, 15) is 9.18 Å². The van der Waals surface area contributed by atoms with Crippen LogP contribution in [0.4, 0.5) is 9.52 Å². The Morgan fingerprint density at radius 2 is 2.00 bits per heavy atom. The highest BCUT2D eigenvalue weighted by Gasteiger charge is 2.11. The van der Waals surface area contributed by atoms with Crippen molar-refractivity contribution in [3.63, 3.8) is 0 Å². The number of rotatable bonds is 4. The lowest BCUT2D eigenvalue weighted by Gasteiger charge is -1.98. The van der Waals surface area contributed by atoms with Crippen molar-refractivity contribution in [1.82, 2.24) is 4.98 Å². The third kappa shape index (κ3) is 4.10. The lowest BCUT2D eigenvalue weighted by molar-refractivity contribution is -0.111. The van der Waals surface area contributed by atoms with Crippen LogP contribution in [-0.4, -0.2) is 10.9 Å². The van der Waals surface area contributed by atoms with Crippen LogP contribution in [0.25, 0.3) is 11.3 Å². The molecule has 0 radical (unpaired) electrons. The summed E-state index contributed by atoms with van der Waals surface area (Å²) in [6, 6.07) is 6.14. The molecule has 5 heteroatoms. The van der Waals surface area contributed by atoms with Gasteiger partial charge < -0.3 is 0 Å². The topological polar surface area (TPSA) is 42.0 Å². The third-order valence-corrected chi connectivity index (χ3v) is 3.58. The largest absolute Gasteiger partial charge is 0.298 e. The van der Waals surface area contributed by atoms with Crippen molar-refractivity contribution in [2.75, 3.05) is 5.32 Å². The summed E-state index contributed by atoms with van der Waals surface area (Å²) >= 11 is 1.39. The zero-order chi connectivity index (χ0) is 15.2. The second-order valence-corrected chi connectivity index (χ2v) is 5.51. The molecule has 3 nitrogen and oxygen atoms in total. The van der Waals surface area contributed by atoms with Crippen molar-refractivity contribution in [3.05, 3.63) is 59.3 Å². The predicted molar refractivity (Wildman–Crippen MR) is 84.8 cm³/mol. The maximum Gasteiger partial charge on any atom is 0.250 e. The van der Waals surface area contributed by atoms with Crippen LogP contribution in [0.1, 0.15) is 11.8 Å². The molecule has 0 aliphatic heterocycles. The van der Waals surface area contributed by atoms with Gasteiger partial charge in [0.05, 0.1) is 5.69 Å². The predicted octanol–water partition coefficient (Wildman–Crippen LogP) is 4.33. The molecule has 2 aromatic rings. The number of carbonyl (C=O) groups is 1. The van der Waals surface area contributed by atoms with Gasteiger partial charge in [0.15, 0.2) is 5.13 Å². The Morgan fingerprint density at radius 3 is 2.67 bits per heavy atom. The van der Waals surface area contributed by atoms with Crippen LogP contribution >= 0.6 is 11.3 Å². The molecule has 0 aliphatic carbocycles. The molecule has 0 aliphatic rings. The van der Waals surface area contributed by atoms with Gasteiger partial charge in [-0.3, -0.25) is 10.1 Å². The van der Waals surface area contributed by atoms with Crippen molar-refractivity contribution < 1.29 is 9.18 Å². The molecule has 0 atom stereocenters. The molecule has 1 amide bonds. The Hall–Kier alpha value is -2.27. The van der Waals surface area contributed by atoms with Crippen LogP contribution in [-0.2, 0) is 4.79 Å². The number of amides is 1. The average Bonchev–Trinajstić information content (AvgIpc) is 2.80. The van der Waals surface area contributed by atoms with Crippen LogP contribution < -0.4 is 5.32 Å². The molecule has 2 rings (SSSR count). The van der Waals surface area contributed by atoms with Crippen LogP contribution in [0, 0.1) is 12.7 Å². The number of allylic oxidation sites excluding steroid dienone is 3. The molecule has 0 saturated carbocycles. The maximum absolute atomic E-state index is 12.9. The molecule has 0 spiro atoms. The van der Waals surface area contributed by atoms with Gasteiger partial charge in [-0.1, -0.05) is 18.2 Å². The van der Waals surface area contributed by atoms with E-state index in [1.54, 1.807) is 24.3 Å². The third-order valence-electron chi connectivity index (χ3n) is 2.70. The van der Waals surface area contributed by atoms with Gasteiger partial charge in [0.1, 0.15) is 5.82 Å². The molecule has 108 valence electrons. The van der Waals surface area contributed by atoms with Crippen molar-refractivity contribution in [1.29, 1.82) is 0 Å². The Bertz CT molecular complexity index is 687. The Kier molecular flexibility index (Phi) is 5.00. The average molecular weight is 302 g/mol. The summed E-state index contributed by atoms with van der Waals surface area (Å²) < 4.78 is 12.9. The Balaban J connectivity index is 2.15. The number of hydrogen-bond donors (Lipinski definition) is 1. The molecule has 21 heavy (non-hydrogen) atoms. The van der Waals surface area contributed by atoms with Gasteiger partial charge in [-0.2, -0.15) is 0 Å². The van der Waals surface area contributed by atoms with Crippen LogP contribution in [0.3, 0.4) is 0 Å². The van der Waals surface area contributed by atoms with Gasteiger partial charge in [0, 0.05) is 16.5 Å². The van der Waals surface area contributed by atoms with E-state index in [1.807, 2.05) is 19.9 Å². The van der Waals surface area contributed by atoms with Crippen molar-refractivity contribution >= 4 is 22.4 Å². The normalized spacial score (nSPS) is 11.4. The van der Waals surface area contributed by atoms with Gasteiger partial charge in [-0.05, 0) is 38.1 Å². The monoisotopic (exact) mass is 302 g/mol. The molecule has 1 aromatic heterocycles. The fourth-order valence-electron chi connectivity index (χ4n) is 1.73. The first-order valence-electron chi connectivity index (χ1n) is 6.44. The first kappa shape index (κ1) is 15.1. The lowest BCUT2D eigenvalue weighted by Crippen LogP contribution is -2.07. The highest BCUT2D eigenvalue weighted by molar-refractivity contribution is 7.16. The second-order valence-electron chi connectivity index (χ2n) is 4.30. The summed E-state index contributed by atoms with van der Waals surface area (Å²) in [6.45, 7) is 3.79. The molecular formula is C16H15FN2OS. The van der Waals surface area contributed by atoms with Crippen molar-refractivity contribution in [2.45, 2.75) is 13.8 Å². The first-order valence-corrected chi connectivity index (χ1v) is 7.25. The number of anilines is 1. The van der Waals surface area contributed by atoms with Crippen LogP contribution in [0.2, 0.25) is 0 Å². The highest BCUT2D eigenvalue weighted by atomic mass is 32.1. The maximum atomic E-state index is 12.9. The number of hydrogen-bond acceptors (Lipinski definition) is 3. The summed E-state index contributed by atoms with van der Waals surface area (Å²) in [7, 11) is 0. The quantitative estimate of drug-likeness (QED) is 0.674. The number of aryl methyl sites for hydroxylation is 1. The molecule has 1 aromatic carbocycles. The molecule has 0 unspecified atom stereocenters. The summed E-state index contributed by atoms with van der Waals surface area (Å²) in [6.07, 6.45) is 6.71. The second kappa shape index (κ2) is 6.95. The van der Waals surface area contributed by atoms with Crippen molar-refractivity contribution in [3.8, 4) is 11.3 Å². The van der Waals surface area contributed by atoms with E-state index < -0.39 is 0 Å². The fraction of sp³-hybridized carbons (Fsp3) is 0.125. The molecule has 0 saturated heterocycles. The Labute approximate surface area is 126 Å². The van der Waals surface area contributed by atoms with Crippen LogP contribution in [0.15, 0.2) is 48.6 Å². The lowest BCUT2D eigenvalue weighted by atomic mass is 10.1. The number of aromatic nitrogens is 1. The van der Waals surface area contributed by atoms with E-state index in [0.29, 0.717) is 5.13 Å². The van der Waals surface area contributed by atoms with Crippen LogP contribution in [0.5, 0.6) is 0 Å². The minimum atomic E-state index is -0.283. The van der Waals surface area contributed by atoms with Gasteiger partial charge in [0.25, 0.3) is 0 Å². The minimum absolute atomic E-state index is 0.229. The number of nitrogens with one attached hydrogen (secondary N) is 1. The first-order chi connectivity index (χ1) is 10.1.